The molecule has 0 heterocycles. The fourth-order valence-corrected chi connectivity index (χ4v) is 2.81. The fourth-order valence-electron chi connectivity index (χ4n) is 2.64. The van der Waals surface area contributed by atoms with Crippen molar-refractivity contribution in [2.45, 2.75) is 20.8 Å². The number of halogens is 1. The van der Waals surface area contributed by atoms with Crippen LogP contribution in [0.4, 0.5) is 0 Å². The number of hydrogen-bond acceptors (Lipinski definition) is 2. The van der Waals surface area contributed by atoms with Gasteiger partial charge in [0, 0.05) is 11.1 Å². The standard InChI is InChI=1S/C19H17ClO2/c1-12-10-13(2)18(14(3)11-12)17(21)9-8-15-6-4-5-7-16(15)19(20)22/h4-11H,1-3H3. The van der Waals surface area contributed by atoms with E-state index in [2.05, 4.69) is 0 Å². The van der Waals surface area contributed by atoms with E-state index < -0.39 is 5.24 Å². The van der Waals surface area contributed by atoms with Crippen molar-refractivity contribution in [1.82, 2.24) is 0 Å². The average Bonchev–Trinajstić information content (AvgIpc) is 2.44. The lowest BCUT2D eigenvalue weighted by Gasteiger charge is -2.08. The molecule has 0 aliphatic heterocycles. The van der Waals surface area contributed by atoms with Gasteiger partial charge in [-0.05, 0) is 61.2 Å². The van der Waals surface area contributed by atoms with Crippen LogP contribution in [0.25, 0.3) is 6.08 Å². The number of ketones is 1. The molecular formula is C19H17ClO2. The van der Waals surface area contributed by atoms with E-state index >= 15 is 0 Å². The number of aryl methyl sites for hydroxylation is 3. The maximum absolute atomic E-state index is 12.4. The molecular weight excluding hydrogens is 296 g/mol. The second-order valence-corrected chi connectivity index (χ2v) is 5.68. The highest BCUT2D eigenvalue weighted by atomic mass is 35.5. The molecule has 0 spiro atoms. The van der Waals surface area contributed by atoms with Crippen LogP contribution in [-0.2, 0) is 0 Å². The third-order valence-electron chi connectivity index (χ3n) is 3.51. The lowest BCUT2D eigenvalue weighted by Crippen LogP contribution is -2.02. The maximum atomic E-state index is 12.4. The zero-order chi connectivity index (χ0) is 16.3. The van der Waals surface area contributed by atoms with E-state index in [1.807, 2.05) is 32.9 Å². The Morgan fingerprint density at radius 1 is 1.00 bits per heavy atom. The average molecular weight is 313 g/mol. The van der Waals surface area contributed by atoms with Crippen LogP contribution in [-0.4, -0.2) is 11.0 Å². The summed E-state index contributed by atoms with van der Waals surface area (Å²) in [5.41, 5.74) is 4.77. The van der Waals surface area contributed by atoms with Crippen LogP contribution in [0.3, 0.4) is 0 Å². The van der Waals surface area contributed by atoms with Crippen LogP contribution < -0.4 is 0 Å². The van der Waals surface area contributed by atoms with Gasteiger partial charge in [0.25, 0.3) is 5.24 Å². The molecule has 0 saturated carbocycles. The predicted octanol–water partition coefficient (Wildman–Crippen LogP) is 4.89. The van der Waals surface area contributed by atoms with E-state index in [9.17, 15) is 9.59 Å². The lowest BCUT2D eigenvalue weighted by atomic mass is 9.96. The van der Waals surface area contributed by atoms with Gasteiger partial charge < -0.3 is 0 Å². The first kappa shape index (κ1) is 16.2. The molecule has 0 atom stereocenters. The molecule has 112 valence electrons. The van der Waals surface area contributed by atoms with Crippen molar-refractivity contribution >= 4 is 28.7 Å². The normalized spacial score (nSPS) is 10.9. The molecule has 2 aromatic rings. The Kier molecular flexibility index (Phi) is 4.94. The minimum atomic E-state index is -0.532. The second kappa shape index (κ2) is 6.71. The van der Waals surface area contributed by atoms with E-state index in [1.54, 1.807) is 30.3 Å². The third kappa shape index (κ3) is 3.52. The van der Waals surface area contributed by atoms with Gasteiger partial charge in [-0.1, -0.05) is 42.0 Å². The van der Waals surface area contributed by atoms with E-state index in [1.165, 1.54) is 6.08 Å². The summed E-state index contributed by atoms with van der Waals surface area (Å²) in [6.45, 7) is 5.86. The van der Waals surface area contributed by atoms with Crippen molar-refractivity contribution in [3.05, 3.63) is 75.9 Å². The molecule has 2 rings (SSSR count). The Hall–Kier alpha value is -2.19. The van der Waals surface area contributed by atoms with Crippen LogP contribution in [0.2, 0.25) is 0 Å². The van der Waals surface area contributed by atoms with E-state index in [4.69, 9.17) is 11.6 Å². The first-order valence-corrected chi connectivity index (χ1v) is 7.37. The highest BCUT2D eigenvalue weighted by Gasteiger charge is 2.11. The number of rotatable bonds is 4. The number of hydrogen-bond donors (Lipinski definition) is 0. The van der Waals surface area contributed by atoms with Gasteiger partial charge in [-0.3, -0.25) is 9.59 Å². The number of carbonyl (C=O) groups excluding carboxylic acids is 2. The Balaban J connectivity index is 2.36. The second-order valence-electron chi connectivity index (χ2n) is 5.33. The highest BCUT2D eigenvalue weighted by Crippen LogP contribution is 2.19. The molecule has 0 unspecified atom stereocenters. The quantitative estimate of drug-likeness (QED) is 0.458. The van der Waals surface area contributed by atoms with Crippen molar-refractivity contribution in [2.24, 2.45) is 0 Å². The van der Waals surface area contributed by atoms with Crippen LogP contribution in [0.1, 0.15) is 43.0 Å². The number of allylic oxidation sites excluding steroid dienone is 1. The van der Waals surface area contributed by atoms with Gasteiger partial charge in [-0.2, -0.15) is 0 Å². The number of carbonyl (C=O) groups is 2. The molecule has 2 aromatic carbocycles. The van der Waals surface area contributed by atoms with Crippen LogP contribution in [0, 0.1) is 20.8 Å². The molecule has 2 nitrogen and oxygen atoms in total. The fraction of sp³-hybridized carbons (Fsp3) is 0.158. The first-order valence-electron chi connectivity index (χ1n) is 6.99. The van der Waals surface area contributed by atoms with Crippen molar-refractivity contribution < 1.29 is 9.59 Å². The summed E-state index contributed by atoms with van der Waals surface area (Å²) in [6.07, 6.45) is 3.13. The summed E-state index contributed by atoms with van der Waals surface area (Å²) in [7, 11) is 0. The lowest BCUT2D eigenvalue weighted by molar-refractivity contribution is 0.104. The summed E-state index contributed by atoms with van der Waals surface area (Å²) in [5.74, 6) is -0.0770. The first-order chi connectivity index (χ1) is 10.4. The van der Waals surface area contributed by atoms with Crippen molar-refractivity contribution in [3.63, 3.8) is 0 Å². The SMILES string of the molecule is Cc1cc(C)c(C(=O)C=Cc2ccccc2C(=O)Cl)c(C)c1. The van der Waals surface area contributed by atoms with Gasteiger partial charge in [0.05, 0.1) is 0 Å². The van der Waals surface area contributed by atoms with Crippen LogP contribution in [0.5, 0.6) is 0 Å². The largest absolute Gasteiger partial charge is 0.289 e. The zero-order valence-corrected chi connectivity index (χ0v) is 13.6. The minimum absolute atomic E-state index is 0.0770. The van der Waals surface area contributed by atoms with Gasteiger partial charge in [-0.25, -0.2) is 0 Å². The Morgan fingerprint density at radius 2 is 1.59 bits per heavy atom. The van der Waals surface area contributed by atoms with Crippen molar-refractivity contribution in [1.29, 1.82) is 0 Å². The van der Waals surface area contributed by atoms with Gasteiger partial charge in [-0.15, -0.1) is 0 Å². The Bertz CT molecular complexity index is 750. The molecule has 0 aromatic heterocycles. The van der Waals surface area contributed by atoms with E-state index in [0.717, 1.165) is 16.7 Å². The highest BCUT2D eigenvalue weighted by molar-refractivity contribution is 6.68. The minimum Gasteiger partial charge on any atom is -0.289 e. The summed E-state index contributed by atoms with van der Waals surface area (Å²) >= 11 is 5.55. The van der Waals surface area contributed by atoms with Crippen LogP contribution >= 0.6 is 11.6 Å². The molecule has 22 heavy (non-hydrogen) atoms. The van der Waals surface area contributed by atoms with E-state index in [-0.39, 0.29) is 5.78 Å². The molecule has 0 amide bonds. The van der Waals surface area contributed by atoms with Gasteiger partial charge in [0.2, 0.25) is 0 Å². The molecule has 0 fully saturated rings. The smallest absolute Gasteiger partial charge is 0.252 e. The summed E-state index contributed by atoms with van der Waals surface area (Å²) in [5, 5.41) is -0.532. The number of benzene rings is 2. The Labute approximate surface area is 135 Å². The van der Waals surface area contributed by atoms with E-state index in [0.29, 0.717) is 16.7 Å². The van der Waals surface area contributed by atoms with Gasteiger partial charge >= 0.3 is 0 Å². The van der Waals surface area contributed by atoms with Crippen molar-refractivity contribution in [2.75, 3.05) is 0 Å². The molecule has 0 aliphatic carbocycles. The Morgan fingerprint density at radius 3 is 2.18 bits per heavy atom. The zero-order valence-electron chi connectivity index (χ0n) is 12.8. The maximum Gasteiger partial charge on any atom is 0.252 e. The predicted molar refractivity (Wildman–Crippen MR) is 90.6 cm³/mol. The molecule has 0 aliphatic rings. The van der Waals surface area contributed by atoms with Crippen LogP contribution in [0.15, 0.2) is 42.5 Å². The molecule has 0 N–H and O–H groups in total. The molecule has 3 heteroatoms. The van der Waals surface area contributed by atoms with Gasteiger partial charge in [0.1, 0.15) is 0 Å². The monoisotopic (exact) mass is 312 g/mol. The van der Waals surface area contributed by atoms with Gasteiger partial charge in [0.15, 0.2) is 5.78 Å². The summed E-state index contributed by atoms with van der Waals surface area (Å²) in [6, 6.07) is 10.9. The molecule has 0 saturated heterocycles. The topological polar surface area (TPSA) is 34.1 Å². The van der Waals surface area contributed by atoms with Crippen molar-refractivity contribution in [3.8, 4) is 0 Å². The summed E-state index contributed by atoms with van der Waals surface area (Å²) < 4.78 is 0. The molecule has 0 bridgehead atoms. The molecule has 0 radical (unpaired) electrons. The third-order valence-corrected chi connectivity index (χ3v) is 3.71. The summed E-state index contributed by atoms with van der Waals surface area (Å²) in [4.78, 5) is 23.8.